The van der Waals surface area contributed by atoms with E-state index >= 15 is 0 Å². The van der Waals surface area contributed by atoms with Crippen molar-refractivity contribution in [1.29, 1.82) is 0 Å². The number of aliphatic hydroxyl groups excluding tert-OH is 1. The highest BCUT2D eigenvalue weighted by molar-refractivity contribution is 5.93. The SMILES string of the molecule is CCC(C)(CO)Nc1nc(C(=O)O)nc2ccccc12. The number of hydrogen-bond donors (Lipinski definition) is 3. The predicted molar refractivity (Wildman–Crippen MR) is 75.9 cm³/mol. The number of aromatic carboxylic acids is 1. The smallest absolute Gasteiger partial charge is 0.374 e. The molecule has 1 aromatic heterocycles. The van der Waals surface area contributed by atoms with Crippen LogP contribution in [0.25, 0.3) is 10.9 Å². The van der Waals surface area contributed by atoms with Crippen molar-refractivity contribution in [3.8, 4) is 0 Å². The zero-order chi connectivity index (χ0) is 14.8. The van der Waals surface area contributed by atoms with E-state index in [-0.39, 0.29) is 12.4 Å². The maximum Gasteiger partial charge on any atom is 0.374 e. The van der Waals surface area contributed by atoms with Crippen molar-refractivity contribution in [1.82, 2.24) is 9.97 Å². The summed E-state index contributed by atoms with van der Waals surface area (Å²) < 4.78 is 0. The molecule has 3 N–H and O–H groups in total. The highest BCUT2D eigenvalue weighted by Crippen LogP contribution is 2.24. The van der Waals surface area contributed by atoms with Gasteiger partial charge in [-0.15, -0.1) is 0 Å². The van der Waals surface area contributed by atoms with Gasteiger partial charge in [-0.1, -0.05) is 19.1 Å². The van der Waals surface area contributed by atoms with Gasteiger partial charge >= 0.3 is 5.97 Å². The average Bonchev–Trinajstić information content (AvgIpc) is 2.46. The second kappa shape index (κ2) is 5.42. The third-order valence-corrected chi connectivity index (χ3v) is 3.34. The van der Waals surface area contributed by atoms with Crippen LogP contribution < -0.4 is 5.32 Å². The van der Waals surface area contributed by atoms with Gasteiger partial charge in [0.05, 0.1) is 17.7 Å². The van der Waals surface area contributed by atoms with E-state index in [0.29, 0.717) is 17.8 Å². The lowest BCUT2D eigenvalue weighted by molar-refractivity contribution is 0.0684. The summed E-state index contributed by atoms with van der Waals surface area (Å²) in [5, 5.41) is 22.4. The number of aliphatic hydroxyl groups is 1. The van der Waals surface area contributed by atoms with Gasteiger partial charge in [-0.05, 0) is 25.5 Å². The summed E-state index contributed by atoms with van der Waals surface area (Å²) in [6.45, 7) is 3.71. The molecule has 1 atom stereocenters. The monoisotopic (exact) mass is 275 g/mol. The average molecular weight is 275 g/mol. The van der Waals surface area contributed by atoms with Crippen LogP contribution in [0.15, 0.2) is 24.3 Å². The highest BCUT2D eigenvalue weighted by Gasteiger charge is 2.23. The first-order valence-electron chi connectivity index (χ1n) is 6.38. The molecule has 6 nitrogen and oxygen atoms in total. The minimum absolute atomic E-state index is 0.0791. The molecule has 0 fully saturated rings. The number of nitrogens with zero attached hydrogens (tertiary/aromatic N) is 2. The quantitative estimate of drug-likeness (QED) is 0.771. The number of rotatable bonds is 5. The Kier molecular flexibility index (Phi) is 3.85. The second-order valence-corrected chi connectivity index (χ2v) is 4.92. The fourth-order valence-electron chi connectivity index (χ4n) is 1.79. The van der Waals surface area contributed by atoms with Crippen LogP contribution in [-0.4, -0.2) is 38.3 Å². The van der Waals surface area contributed by atoms with Gasteiger partial charge in [-0.2, -0.15) is 0 Å². The fourth-order valence-corrected chi connectivity index (χ4v) is 1.79. The van der Waals surface area contributed by atoms with Gasteiger partial charge in [0.25, 0.3) is 0 Å². The van der Waals surface area contributed by atoms with Crippen LogP contribution >= 0.6 is 0 Å². The van der Waals surface area contributed by atoms with Crippen LogP contribution in [0.1, 0.15) is 30.9 Å². The summed E-state index contributed by atoms with van der Waals surface area (Å²) >= 11 is 0. The Labute approximate surface area is 116 Å². The molecular weight excluding hydrogens is 258 g/mol. The molecule has 1 heterocycles. The van der Waals surface area contributed by atoms with Crippen molar-refractivity contribution < 1.29 is 15.0 Å². The van der Waals surface area contributed by atoms with Gasteiger partial charge in [-0.3, -0.25) is 0 Å². The number of benzene rings is 1. The summed E-state index contributed by atoms with van der Waals surface area (Å²) in [7, 11) is 0. The molecule has 0 saturated carbocycles. The molecule has 2 aromatic rings. The molecule has 0 aliphatic rings. The zero-order valence-corrected chi connectivity index (χ0v) is 11.4. The Bertz CT molecular complexity index is 639. The van der Waals surface area contributed by atoms with E-state index in [1.165, 1.54) is 0 Å². The highest BCUT2D eigenvalue weighted by atomic mass is 16.4. The van der Waals surface area contributed by atoms with Crippen LogP contribution in [-0.2, 0) is 0 Å². The van der Waals surface area contributed by atoms with E-state index in [1.54, 1.807) is 12.1 Å². The normalized spacial score (nSPS) is 13.9. The molecule has 0 amide bonds. The molecule has 6 heteroatoms. The van der Waals surface area contributed by atoms with Crippen molar-refractivity contribution in [2.75, 3.05) is 11.9 Å². The molecular formula is C14H17N3O3. The van der Waals surface area contributed by atoms with Gasteiger partial charge in [-0.25, -0.2) is 14.8 Å². The van der Waals surface area contributed by atoms with E-state index in [9.17, 15) is 9.90 Å². The van der Waals surface area contributed by atoms with Crippen LogP contribution in [0.3, 0.4) is 0 Å². The fraction of sp³-hybridized carbons (Fsp3) is 0.357. The van der Waals surface area contributed by atoms with Crippen molar-refractivity contribution in [2.45, 2.75) is 25.8 Å². The van der Waals surface area contributed by atoms with Gasteiger partial charge < -0.3 is 15.5 Å². The first kappa shape index (κ1) is 14.2. The molecule has 106 valence electrons. The maximum absolute atomic E-state index is 11.1. The van der Waals surface area contributed by atoms with Crippen LogP contribution in [0, 0.1) is 0 Å². The van der Waals surface area contributed by atoms with E-state index < -0.39 is 11.5 Å². The number of carbonyl (C=O) groups is 1. The number of anilines is 1. The molecule has 2 rings (SSSR count). The van der Waals surface area contributed by atoms with Gasteiger partial charge in [0.15, 0.2) is 0 Å². The number of carboxylic acid groups (broad SMARTS) is 1. The van der Waals surface area contributed by atoms with E-state index in [0.717, 1.165) is 5.39 Å². The molecule has 0 aliphatic heterocycles. The first-order chi connectivity index (χ1) is 9.49. The second-order valence-electron chi connectivity index (χ2n) is 4.92. The van der Waals surface area contributed by atoms with Crippen molar-refractivity contribution >= 4 is 22.7 Å². The molecule has 0 saturated heterocycles. The number of nitrogens with one attached hydrogen (secondary N) is 1. The molecule has 0 radical (unpaired) electrons. The Balaban J connectivity index is 2.58. The Morgan fingerprint density at radius 3 is 2.65 bits per heavy atom. The molecule has 1 aromatic carbocycles. The molecule has 1 unspecified atom stereocenters. The summed E-state index contributed by atoms with van der Waals surface area (Å²) in [6, 6.07) is 7.17. The maximum atomic E-state index is 11.1. The number of para-hydroxylation sites is 1. The summed E-state index contributed by atoms with van der Waals surface area (Å²) in [5.74, 6) is -1.02. The van der Waals surface area contributed by atoms with Crippen molar-refractivity contribution in [3.63, 3.8) is 0 Å². The summed E-state index contributed by atoms with van der Waals surface area (Å²) in [5.41, 5.74) is -0.00816. The van der Waals surface area contributed by atoms with E-state index in [1.807, 2.05) is 26.0 Å². The first-order valence-corrected chi connectivity index (χ1v) is 6.38. The minimum Gasteiger partial charge on any atom is -0.475 e. The minimum atomic E-state index is -1.18. The standard InChI is InChI=1S/C14H17N3O3/c1-3-14(2,8-18)17-11-9-6-4-5-7-10(9)15-12(16-11)13(19)20/h4-7,18H,3,8H2,1-2H3,(H,19,20)(H,15,16,17). The largest absolute Gasteiger partial charge is 0.475 e. The number of aromatic nitrogens is 2. The topological polar surface area (TPSA) is 95.3 Å². The number of fused-ring (bicyclic) bond motifs is 1. The van der Waals surface area contributed by atoms with Gasteiger partial charge in [0, 0.05) is 5.39 Å². The number of carboxylic acids is 1. The van der Waals surface area contributed by atoms with Crippen LogP contribution in [0.5, 0.6) is 0 Å². The van der Waals surface area contributed by atoms with E-state index in [2.05, 4.69) is 15.3 Å². The zero-order valence-electron chi connectivity index (χ0n) is 11.4. The molecule has 0 bridgehead atoms. The van der Waals surface area contributed by atoms with Crippen molar-refractivity contribution in [2.24, 2.45) is 0 Å². The van der Waals surface area contributed by atoms with E-state index in [4.69, 9.17) is 5.11 Å². The van der Waals surface area contributed by atoms with Crippen LogP contribution in [0.2, 0.25) is 0 Å². The molecule has 0 aliphatic carbocycles. The molecule has 20 heavy (non-hydrogen) atoms. The third-order valence-electron chi connectivity index (χ3n) is 3.34. The lowest BCUT2D eigenvalue weighted by Gasteiger charge is -2.28. The Morgan fingerprint density at radius 1 is 1.35 bits per heavy atom. The lowest BCUT2D eigenvalue weighted by Crippen LogP contribution is -2.38. The number of hydrogen-bond acceptors (Lipinski definition) is 5. The Hall–Kier alpha value is -2.21. The van der Waals surface area contributed by atoms with Gasteiger partial charge in [0.2, 0.25) is 5.82 Å². The molecule has 0 spiro atoms. The van der Waals surface area contributed by atoms with Crippen molar-refractivity contribution in [3.05, 3.63) is 30.1 Å². The summed E-state index contributed by atoms with van der Waals surface area (Å²) in [4.78, 5) is 19.2. The third kappa shape index (κ3) is 2.70. The lowest BCUT2D eigenvalue weighted by atomic mass is 10.00. The van der Waals surface area contributed by atoms with Crippen LogP contribution in [0.4, 0.5) is 5.82 Å². The summed E-state index contributed by atoms with van der Waals surface area (Å²) in [6.07, 6.45) is 0.671. The Morgan fingerprint density at radius 2 is 2.05 bits per heavy atom. The van der Waals surface area contributed by atoms with Gasteiger partial charge in [0.1, 0.15) is 5.82 Å². The predicted octanol–water partition coefficient (Wildman–Crippen LogP) is 1.90.